The molecule has 2 aromatic carbocycles. The van der Waals surface area contributed by atoms with Crippen LogP contribution >= 0.6 is 0 Å². The maximum absolute atomic E-state index is 12.0. The minimum absolute atomic E-state index is 0.0195. The molecule has 24 heavy (non-hydrogen) atoms. The zero-order chi connectivity index (χ0) is 17.7. The predicted octanol–water partition coefficient (Wildman–Crippen LogP) is 3.43. The molecule has 0 unspecified atom stereocenters. The molecule has 0 aliphatic heterocycles. The molecule has 0 spiro atoms. The Balaban J connectivity index is 2.01. The first-order valence-corrected chi connectivity index (χ1v) is 7.52. The lowest BCUT2D eigenvalue weighted by Crippen LogP contribution is -2.29. The van der Waals surface area contributed by atoms with Gasteiger partial charge in [-0.2, -0.15) is 5.26 Å². The average Bonchev–Trinajstić information content (AvgIpc) is 2.54. The van der Waals surface area contributed by atoms with Crippen LogP contribution < -0.4 is 10.6 Å². The summed E-state index contributed by atoms with van der Waals surface area (Å²) in [5.41, 5.74) is 2.52. The highest BCUT2D eigenvalue weighted by Crippen LogP contribution is 2.23. The molecule has 0 radical (unpaired) electrons. The van der Waals surface area contributed by atoms with E-state index in [1.54, 1.807) is 30.3 Å². The summed E-state index contributed by atoms with van der Waals surface area (Å²) in [5, 5.41) is 13.9. The summed E-state index contributed by atoms with van der Waals surface area (Å²) in [7, 11) is 0. The molecule has 0 fully saturated rings. The second-order valence-corrected chi connectivity index (χ2v) is 6.43. The minimum atomic E-state index is -0.787. The first-order valence-electron chi connectivity index (χ1n) is 7.52. The van der Waals surface area contributed by atoms with Gasteiger partial charge in [-0.25, -0.2) is 0 Å². The molecule has 2 aromatic rings. The van der Waals surface area contributed by atoms with Crippen LogP contribution in [0.4, 0.5) is 11.4 Å². The predicted molar refractivity (Wildman–Crippen MR) is 93.6 cm³/mol. The summed E-state index contributed by atoms with van der Waals surface area (Å²) >= 11 is 0. The molecule has 0 atom stereocenters. The Labute approximate surface area is 141 Å². The van der Waals surface area contributed by atoms with E-state index < -0.39 is 11.8 Å². The highest BCUT2D eigenvalue weighted by Gasteiger charge is 2.16. The Morgan fingerprint density at radius 1 is 0.917 bits per heavy atom. The van der Waals surface area contributed by atoms with Crippen molar-refractivity contribution in [2.45, 2.75) is 26.2 Å². The quantitative estimate of drug-likeness (QED) is 0.831. The Hall–Kier alpha value is -3.13. The van der Waals surface area contributed by atoms with Crippen LogP contribution in [-0.4, -0.2) is 11.8 Å². The molecule has 0 aliphatic rings. The zero-order valence-corrected chi connectivity index (χ0v) is 13.9. The van der Waals surface area contributed by atoms with Gasteiger partial charge in [-0.3, -0.25) is 9.59 Å². The normalized spacial score (nSPS) is 10.6. The molecule has 5 nitrogen and oxygen atoms in total. The van der Waals surface area contributed by atoms with Gasteiger partial charge in [0, 0.05) is 11.4 Å². The molecule has 5 heteroatoms. The summed E-state index contributed by atoms with van der Waals surface area (Å²) < 4.78 is 0. The van der Waals surface area contributed by atoms with E-state index in [0.717, 1.165) is 5.56 Å². The number of rotatable bonds is 2. The summed E-state index contributed by atoms with van der Waals surface area (Å²) in [5.74, 6) is -1.55. The van der Waals surface area contributed by atoms with E-state index in [-0.39, 0.29) is 5.41 Å². The molecule has 0 bridgehead atoms. The molecule has 2 N–H and O–H groups in total. The van der Waals surface area contributed by atoms with Crippen LogP contribution in [0.5, 0.6) is 0 Å². The lowest BCUT2D eigenvalue weighted by atomic mass is 9.87. The summed E-state index contributed by atoms with van der Waals surface area (Å²) in [4.78, 5) is 23.9. The Kier molecular flexibility index (Phi) is 5.00. The van der Waals surface area contributed by atoms with Crippen molar-refractivity contribution in [2.75, 3.05) is 10.6 Å². The first kappa shape index (κ1) is 17.2. The van der Waals surface area contributed by atoms with Gasteiger partial charge in [0.1, 0.15) is 0 Å². The molecular formula is C19H19N3O2. The molecule has 0 heterocycles. The van der Waals surface area contributed by atoms with Crippen LogP contribution in [0.1, 0.15) is 31.9 Å². The van der Waals surface area contributed by atoms with Crippen molar-refractivity contribution in [2.24, 2.45) is 0 Å². The molecule has 0 aliphatic carbocycles. The second kappa shape index (κ2) is 6.97. The molecule has 122 valence electrons. The van der Waals surface area contributed by atoms with E-state index in [0.29, 0.717) is 16.9 Å². The monoisotopic (exact) mass is 321 g/mol. The summed E-state index contributed by atoms with van der Waals surface area (Å²) in [6.45, 7) is 6.30. The van der Waals surface area contributed by atoms with Crippen LogP contribution in [0.2, 0.25) is 0 Å². The number of nitriles is 1. The van der Waals surface area contributed by atoms with Gasteiger partial charge in [-0.15, -0.1) is 0 Å². The fourth-order valence-corrected chi connectivity index (χ4v) is 2.10. The van der Waals surface area contributed by atoms with Gasteiger partial charge in [0.2, 0.25) is 0 Å². The van der Waals surface area contributed by atoms with E-state index in [2.05, 4.69) is 31.4 Å². The van der Waals surface area contributed by atoms with Crippen LogP contribution in [0, 0.1) is 11.3 Å². The van der Waals surface area contributed by atoms with Gasteiger partial charge in [0.15, 0.2) is 0 Å². The van der Waals surface area contributed by atoms with Crippen molar-refractivity contribution in [1.82, 2.24) is 0 Å². The average molecular weight is 321 g/mol. The van der Waals surface area contributed by atoms with Gasteiger partial charge in [0.25, 0.3) is 0 Å². The Bertz CT molecular complexity index is 797. The molecule has 0 aromatic heterocycles. The van der Waals surface area contributed by atoms with Gasteiger partial charge in [0.05, 0.1) is 11.6 Å². The third kappa shape index (κ3) is 4.43. The third-order valence-electron chi connectivity index (χ3n) is 3.46. The highest BCUT2D eigenvalue weighted by atomic mass is 16.2. The molecule has 2 amide bonds. The highest BCUT2D eigenvalue weighted by molar-refractivity contribution is 6.43. The Morgan fingerprint density at radius 3 is 2.04 bits per heavy atom. The number of benzene rings is 2. The summed E-state index contributed by atoms with van der Waals surface area (Å²) in [6, 6.07) is 15.7. The zero-order valence-electron chi connectivity index (χ0n) is 13.9. The number of nitrogens with zero attached hydrogens (tertiary/aromatic N) is 1. The fourth-order valence-electron chi connectivity index (χ4n) is 2.10. The number of carbonyl (C=O) groups excluding carboxylic acids is 2. The van der Waals surface area contributed by atoms with Crippen molar-refractivity contribution >= 4 is 23.2 Å². The van der Waals surface area contributed by atoms with Gasteiger partial charge in [-0.1, -0.05) is 39.0 Å². The SMILES string of the molecule is CC(C)(C)c1ccc(NC(=O)C(=O)Nc2cccc(C#N)c2)cc1. The van der Waals surface area contributed by atoms with Crippen molar-refractivity contribution < 1.29 is 9.59 Å². The van der Waals surface area contributed by atoms with E-state index in [9.17, 15) is 9.59 Å². The number of nitrogens with one attached hydrogen (secondary N) is 2. The van der Waals surface area contributed by atoms with Crippen LogP contribution in [0.3, 0.4) is 0 Å². The van der Waals surface area contributed by atoms with Crippen molar-refractivity contribution in [3.63, 3.8) is 0 Å². The standard InChI is InChI=1S/C19H19N3O2/c1-19(2,3)14-7-9-15(10-8-14)21-17(23)18(24)22-16-6-4-5-13(11-16)12-20/h4-11H,1-3H3,(H,21,23)(H,22,24). The van der Waals surface area contributed by atoms with Gasteiger partial charge in [-0.05, 0) is 41.3 Å². The lowest BCUT2D eigenvalue weighted by Gasteiger charge is -2.19. The summed E-state index contributed by atoms with van der Waals surface area (Å²) in [6.07, 6.45) is 0. The number of carbonyl (C=O) groups is 2. The van der Waals surface area contributed by atoms with Crippen molar-refractivity contribution in [1.29, 1.82) is 5.26 Å². The molecule has 0 saturated heterocycles. The minimum Gasteiger partial charge on any atom is -0.318 e. The van der Waals surface area contributed by atoms with Gasteiger partial charge < -0.3 is 10.6 Å². The maximum atomic E-state index is 12.0. The van der Waals surface area contributed by atoms with E-state index in [4.69, 9.17) is 5.26 Å². The number of anilines is 2. The number of amides is 2. The smallest absolute Gasteiger partial charge is 0.314 e. The van der Waals surface area contributed by atoms with Crippen molar-refractivity contribution in [3.8, 4) is 6.07 Å². The lowest BCUT2D eigenvalue weighted by molar-refractivity contribution is -0.132. The van der Waals surface area contributed by atoms with Gasteiger partial charge >= 0.3 is 11.8 Å². The number of hydrogen-bond donors (Lipinski definition) is 2. The maximum Gasteiger partial charge on any atom is 0.314 e. The largest absolute Gasteiger partial charge is 0.318 e. The second-order valence-electron chi connectivity index (χ2n) is 6.43. The topological polar surface area (TPSA) is 82.0 Å². The molecular weight excluding hydrogens is 302 g/mol. The van der Waals surface area contributed by atoms with E-state index in [1.165, 1.54) is 6.07 Å². The van der Waals surface area contributed by atoms with Crippen LogP contribution in [0.15, 0.2) is 48.5 Å². The molecule has 0 saturated carbocycles. The fraction of sp³-hybridized carbons (Fsp3) is 0.211. The van der Waals surface area contributed by atoms with E-state index >= 15 is 0 Å². The van der Waals surface area contributed by atoms with Crippen LogP contribution in [-0.2, 0) is 15.0 Å². The third-order valence-corrected chi connectivity index (χ3v) is 3.46. The van der Waals surface area contributed by atoms with E-state index in [1.807, 2.05) is 18.2 Å². The Morgan fingerprint density at radius 2 is 1.50 bits per heavy atom. The number of hydrogen-bond acceptors (Lipinski definition) is 3. The van der Waals surface area contributed by atoms with Crippen molar-refractivity contribution in [3.05, 3.63) is 59.7 Å². The first-order chi connectivity index (χ1) is 11.3. The molecule has 2 rings (SSSR count). The van der Waals surface area contributed by atoms with Crippen LogP contribution in [0.25, 0.3) is 0 Å².